The van der Waals surface area contributed by atoms with Gasteiger partial charge in [0.1, 0.15) is 4.21 Å². The van der Waals surface area contributed by atoms with E-state index in [0.29, 0.717) is 5.01 Å². The van der Waals surface area contributed by atoms with Gasteiger partial charge in [0.15, 0.2) is 0 Å². The van der Waals surface area contributed by atoms with Gasteiger partial charge in [0.05, 0.1) is 10.7 Å². The van der Waals surface area contributed by atoms with Crippen molar-refractivity contribution in [3.8, 4) is 0 Å². The van der Waals surface area contributed by atoms with Crippen molar-refractivity contribution >= 4 is 21.2 Å². The molecule has 0 unspecified atom stereocenters. The fraction of sp³-hybridized carbons (Fsp3) is 0.500. The molecule has 3 nitrogen and oxygen atoms in total. The SMILES string of the molecule is Cc1nc(C)c(S(=O)(=O)C(F)F)s1. The Balaban J connectivity index is 3.31. The van der Waals surface area contributed by atoms with Crippen LogP contribution in [-0.2, 0) is 9.84 Å². The maximum Gasteiger partial charge on any atom is 0.342 e. The van der Waals surface area contributed by atoms with Gasteiger partial charge in [-0.2, -0.15) is 8.78 Å². The van der Waals surface area contributed by atoms with Gasteiger partial charge in [-0.1, -0.05) is 0 Å². The van der Waals surface area contributed by atoms with Crippen molar-refractivity contribution in [2.45, 2.75) is 23.8 Å². The second-order valence-corrected chi connectivity index (χ2v) is 5.73. The molecule has 0 fully saturated rings. The largest absolute Gasteiger partial charge is 0.342 e. The minimum Gasteiger partial charge on any atom is -0.245 e. The number of thiazole rings is 1. The van der Waals surface area contributed by atoms with E-state index in [1.807, 2.05) is 0 Å². The molecule has 0 aliphatic carbocycles. The van der Waals surface area contributed by atoms with Crippen molar-refractivity contribution in [2.75, 3.05) is 0 Å². The summed E-state index contributed by atoms with van der Waals surface area (Å²) in [6.45, 7) is 2.97. The van der Waals surface area contributed by atoms with Crippen LogP contribution in [0.1, 0.15) is 10.7 Å². The molecule has 0 radical (unpaired) electrons. The van der Waals surface area contributed by atoms with Crippen molar-refractivity contribution in [2.24, 2.45) is 0 Å². The first-order chi connectivity index (χ1) is 5.85. The summed E-state index contributed by atoms with van der Waals surface area (Å²) in [6.07, 6.45) is 0. The monoisotopic (exact) mass is 227 g/mol. The van der Waals surface area contributed by atoms with Crippen LogP contribution >= 0.6 is 11.3 Å². The fourth-order valence-corrected chi connectivity index (χ4v) is 3.17. The normalized spacial score (nSPS) is 12.4. The molecule has 0 aliphatic rings. The molecule has 0 N–H and O–H groups in total. The molecule has 7 heteroatoms. The highest BCUT2D eigenvalue weighted by Crippen LogP contribution is 2.27. The maximum atomic E-state index is 12.1. The van der Waals surface area contributed by atoms with Gasteiger partial charge in [-0.3, -0.25) is 0 Å². The molecule has 0 amide bonds. The first kappa shape index (κ1) is 10.5. The van der Waals surface area contributed by atoms with Crippen molar-refractivity contribution in [1.29, 1.82) is 0 Å². The van der Waals surface area contributed by atoms with Gasteiger partial charge in [0, 0.05) is 0 Å². The Morgan fingerprint density at radius 2 is 1.92 bits per heavy atom. The number of nitrogens with zero attached hydrogens (tertiary/aromatic N) is 1. The van der Waals surface area contributed by atoms with Gasteiger partial charge in [-0.25, -0.2) is 13.4 Å². The second kappa shape index (κ2) is 3.30. The quantitative estimate of drug-likeness (QED) is 0.773. The zero-order valence-electron chi connectivity index (χ0n) is 6.91. The number of aromatic nitrogens is 1. The van der Waals surface area contributed by atoms with Crippen molar-refractivity contribution < 1.29 is 17.2 Å². The molecule has 1 rings (SSSR count). The third-order valence-corrected chi connectivity index (χ3v) is 4.45. The summed E-state index contributed by atoms with van der Waals surface area (Å²) in [5, 5.41) is 0.469. The van der Waals surface area contributed by atoms with Crippen molar-refractivity contribution in [3.05, 3.63) is 10.7 Å². The Labute approximate surface area is 78.3 Å². The predicted octanol–water partition coefficient (Wildman–Crippen LogP) is 1.76. The first-order valence-corrected chi connectivity index (χ1v) is 5.68. The molecule has 1 heterocycles. The van der Waals surface area contributed by atoms with Gasteiger partial charge in [-0.05, 0) is 13.8 Å². The Hall–Kier alpha value is -0.560. The molecular weight excluding hydrogens is 220 g/mol. The molecule has 0 saturated carbocycles. The van der Waals surface area contributed by atoms with Crippen LogP contribution in [0, 0.1) is 13.8 Å². The van der Waals surface area contributed by atoms with Gasteiger partial charge in [0.2, 0.25) is 0 Å². The van der Waals surface area contributed by atoms with E-state index in [2.05, 4.69) is 4.98 Å². The summed E-state index contributed by atoms with van der Waals surface area (Å²) in [5.41, 5.74) is 0.141. The summed E-state index contributed by atoms with van der Waals surface area (Å²) in [4.78, 5) is 3.77. The highest BCUT2D eigenvalue weighted by atomic mass is 32.2. The number of hydrogen-bond acceptors (Lipinski definition) is 4. The second-order valence-electron chi connectivity index (χ2n) is 2.41. The molecule has 0 bridgehead atoms. The minimum absolute atomic E-state index is 0.141. The van der Waals surface area contributed by atoms with Crippen LogP contribution < -0.4 is 0 Å². The van der Waals surface area contributed by atoms with E-state index in [4.69, 9.17) is 0 Å². The lowest BCUT2D eigenvalue weighted by Crippen LogP contribution is -2.10. The summed E-state index contributed by atoms with van der Waals surface area (Å²) in [7, 11) is -4.46. The average Bonchev–Trinajstić information content (AvgIpc) is 2.30. The highest BCUT2D eigenvalue weighted by Gasteiger charge is 2.30. The summed E-state index contributed by atoms with van der Waals surface area (Å²) >= 11 is 0.771. The number of halogens is 2. The van der Waals surface area contributed by atoms with Gasteiger partial charge in [0.25, 0.3) is 9.84 Å². The Bertz CT molecular complexity index is 410. The van der Waals surface area contributed by atoms with E-state index in [1.165, 1.54) is 6.92 Å². The van der Waals surface area contributed by atoms with Crippen molar-refractivity contribution in [1.82, 2.24) is 4.98 Å². The number of sulfone groups is 1. The minimum atomic E-state index is -4.46. The van der Waals surface area contributed by atoms with E-state index in [-0.39, 0.29) is 9.90 Å². The smallest absolute Gasteiger partial charge is 0.245 e. The van der Waals surface area contributed by atoms with Gasteiger partial charge in [-0.15, -0.1) is 11.3 Å². The molecule has 74 valence electrons. The van der Waals surface area contributed by atoms with Crippen LogP contribution in [0.25, 0.3) is 0 Å². The van der Waals surface area contributed by atoms with Gasteiger partial charge < -0.3 is 0 Å². The topological polar surface area (TPSA) is 47.0 Å². The fourth-order valence-electron chi connectivity index (χ4n) is 0.858. The first-order valence-electron chi connectivity index (χ1n) is 3.32. The van der Waals surface area contributed by atoms with Crippen LogP contribution in [0.15, 0.2) is 4.21 Å². The van der Waals surface area contributed by atoms with E-state index >= 15 is 0 Å². The molecular formula is C6H7F2NO2S2. The number of aryl methyl sites for hydroxylation is 2. The number of rotatable bonds is 2. The Morgan fingerprint density at radius 1 is 1.38 bits per heavy atom. The molecule has 13 heavy (non-hydrogen) atoms. The lowest BCUT2D eigenvalue weighted by atomic mass is 10.6. The Kier molecular flexibility index (Phi) is 2.67. The maximum absolute atomic E-state index is 12.1. The van der Waals surface area contributed by atoms with E-state index < -0.39 is 15.6 Å². The standard InChI is InChI=1S/C6H7F2NO2S2/c1-3-5(12-4(2)9-3)13(10,11)6(7)8/h6H,1-2H3. The average molecular weight is 227 g/mol. The molecule has 0 saturated heterocycles. The Morgan fingerprint density at radius 3 is 2.23 bits per heavy atom. The summed E-state index contributed by atoms with van der Waals surface area (Å²) in [5.74, 6) is -3.37. The number of hydrogen-bond donors (Lipinski definition) is 0. The summed E-state index contributed by atoms with van der Waals surface area (Å²) < 4.78 is 45.8. The van der Waals surface area contributed by atoms with Crippen LogP contribution in [0.5, 0.6) is 0 Å². The van der Waals surface area contributed by atoms with Gasteiger partial charge >= 0.3 is 5.76 Å². The molecule has 0 atom stereocenters. The molecule has 1 aromatic rings. The molecule has 0 aromatic carbocycles. The molecule has 1 aromatic heterocycles. The third-order valence-electron chi connectivity index (χ3n) is 1.35. The van der Waals surface area contributed by atoms with Crippen LogP contribution in [0.4, 0.5) is 8.78 Å². The third kappa shape index (κ3) is 1.86. The van der Waals surface area contributed by atoms with Crippen molar-refractivity contribution in [3.63, 3.8) is 0 Å². The zero-order chi connectivity index (χ0) is 10.2. The summed E-state index contributed by atoms with van der Waals surface area (Å²) in [6, 6.07) is 0. The lowest BCUT2D eigenvalue weighted by Gasteiger charge is -1.98. The molecule has 0 aliphatic heterocycles. The molecule has 0 spiro atoms. The lowest BCUT2D eigenvalue weighted by molar-refractivity contribution is 0.235. The highest BCUT2D eigenvalue weighted by molar-refractivity contribution is 7.93. The van der Waals surface area contributed by atoms with Crippen LogP contribution in [0.3, 0.4) is 0 Å². The van der Waals surface area contributed by atoms with Crippen LogP contribution in [0.2, 0.25) is 0 Å². The predicted molar refractivity (Wildman–Crippen MR) is 44.8 cm³/mol. The van der Waals surface area contributed by atoms with E-state index in [9.17, 15) is 17.2 Å². The van der Waals surface area contributed by atoms with E-state index in [1.54, 1.807) is 6.92 Å². The van der Waals surface area contributed by atoms with E-state index in [0.717, 1.165) is 11.3 Å². The number of alkyl halides is 2. The van der Waals surface area contributed by atoms with Crippen LogP contribution in [-0.4, -0.2) is 19.2 Å². The zero-order valence-corrected chi connectivity index (χ0v) is 8.55.